The third-order valence-electron chi connectivity index (χ3n) is 3.92. The van der Waals surface area contributed by atoms with Crippen molar-refractivity contribution in [3.05, 3.63) is 29.3 Å². The van der Waals surface area contributed by atoms with Crippen molar-refractivity contribution >= 4 is 22.6 Å². The van der Waals surface area contributed by atoms with Gasteiger partial charge in [-0.15, -0.1) is 11.6 Å². The predicted octanol–water partition coefficient (Wildman–Crippen LogP) is 3.62. The number of rotatable bonds is 3. The molecule has 0 N–H and O–H groups in total. The van der Waals surface area contributed by atoms with Crippen LogP contribution in [0, 0.1) is 12.7 Å². The maximum absolute atomic E-state index is 13.7. The van der Waals surface area contributed by atoms with Crippen LogP contribution in [0.15, 0.2) is 12.1 Å². The van der Waals surface area contributed by atoms with E-state index in [1.807, 2.05) is 6.07 Å². The number of aromatic nitrogens is 2. The van der Waals surface area contributed by atoms with E-state index in [2.05, 4.69) is 9.55 Å². The van der Waals surface area contributed by atoms with Crippen LogP contribution in [-0.4, -0.2) is 28.6 Å². The average Bonchev–Trinajstić information content (AvgIpc) is 2.78. The number of halogens is 2. The molecule has 1 fully saturated rings. The lowest BCUT2D eigenvalue weighted by molar-refractivity contribution is 0.0699. The minimum absolute atomic E-state index is 0.202. The highest BCUT2D eigenvalue weighted by atomic mass is 35.5. The lowest BCUT2D eigenvalue weighted by atomic mass is 10.1. The molecule has 0 radical (unpaired) electrons. The summed E-state index contributed by atoms with van der Waals surface area (Å²) in [6, 6.07) is 3.79. The molecule has 1 aromatic carbocycles. The molecule has 0 aliphatic carbocycles. The molecule has 0 saturated carbocycles. The molecule has 3 nitrogen and oxygen atoms in total. The number of hydrogen-bond acceptors (Lipinski definition) is 2. The largest absolute Gasteiger partial charge is 0.381 e. The van der Waals surface area contributed by atoms with E-state index in [9.17, 15) is 4.39 Å². The standard InChI is InChI=1S/C15H18ClFN2O/c1-10-8-14-13(9-12(10)17)18-15(2-5-16)19(14)11-3-6-20-7-4-11/h8-9,11H,2-7H2,1H3. The summed E-state index contributed by atoms with van der Waals surface area (Å²) in [7, 11) is 0. The molecule has 3 rings (SSSR count). The first-order valence-electron chi connectivity index (χ1n) is 7.01. The van der Waals surface area contributed by atoms with E-state index in [0.717, 1.165) is 42.9 Å². The van der Waals surface area contributed by atoms with Crippen molar-refractivity contribution in [1.82, 2.24) is 9.55 Å². The molecular weight excluding hydrogens is 279 g/mol. The first-order chi connectivity index (χ1) is 9.70. The summed E-state index contributed by atoms with van der Waals surface area (Å²) >= 11 is 5.88. The summed E-state index contributed by atoms with van der Waals surface area (Å²) in [5.74, 6) is 1.27. The van der Waals surface area contributed by atoms with Crippen molar-refractivity contribution in [1.29, 1.82) is 0 Å². The molecular formula is C15H18ClFN2O. The van der Waals surface area contributed by atoms with Crippen LogP contribution in [0.25, 0.3) is 11.0 Å². The maximum atomic E-state index is 13.7. The Balaban J connectivity index is 2.14. The number of benzene rings is 1. The molecule has 1 saturated heterocycles. The van der Waals surface area contributed by atoms with Gasteiger partial charge in [-0.05, 0) is 31.4 Å². The van der Waals surface area contributed by atoms with Crippen LogP contribution >= 0.6 is 11.6 Å². The Morgan fingerprint density at radius 2 is 2.15 bits per heavy atom. The molecule has 1 aliphatic heterocycles. The third-order valence-corrected chi connectivity index (χ3v) is 4.11. The second-order valence-electron chi connectivity index (χ2n) is 5.27. The van der Waals surface area contributed by atoms with E-state index in [1.165, 1.54) is 6.07 Å². The molecule has 1 aliphatic rings. The van der Waals surface area contributed by atoms with E-state index in [4.69, 9.17) is 16.3 Å². The fraction of sp³-hybridized carbons (Fsp3) is 0.533. The van der Waals surface area contributed by atoms with Crippen molar-refractivity contribution in [2.75, 3.05) is 19.1 Å². The number of imidazole rings is 1. The van der Waals surface area contributed by atoms with Crippen molar-refractivity contribution in [3.63, 3.8) is 0 Å². The molecule has 1 aromatic heterocycles. The second kappa shape index (κ2) is 5.70. The molecule has 0 spiro atoms. The van der Waals surface area contributed by atoms with Gasteiger partial charge in [0.25, 0.3) is 0 Å². The summed E-state index contributed by atoms with van der Waals surface area (Å²) < 4.78 is 21.4. The van der Waals surface area contributed by atoms with E-state index in [1.54, 1.807) is 6.92 Å². The zero-order chi connectivity index (χ0) is 14.1. The number of aryl methyl sites for hydroxylation is 2. The molecule has 2 aromatic rings. The average molecular weight is 297 g/mol. The van der Waals surface area contributed by atoms with E-state index < -0.39 is 0 Å². The van der Waals surface area contributed by atoms with Gasteiger partial charge in [0.2, 0.25) is 0 Å². The van der Waals surface area contributed by atoms with Crippen LogP contribution in [0.1, 0.15) is 30.3 Å². The van der Waals surface area contributed by atoms with Gasteiger partial charge in [-0.25, -0.2) is 9.37 Å². The summed E-state index contributed by atoms with van der Waals surface area (Å²) in [6.07, 6.45) is 2.64. The highest BCUT2D eigenvalue weighted by Gasteiger charge is 2.22. The Hall–Kier alpha value is -1.13. The molecule has 20 heavy (non-hydrogen) atoms. The normalized spacial score (nSPS) is 16.9. The van der Waals surface area contributed by atoms with Crippen LogP contribution in [-0.2, 0) is 11.2 Å². The first-order valence-corrected chi connectivity index (χ1v) is 7.55. The Morgan fingerprint density at radius 1 is 1.40 bits per heavy atom. The molecule has 0 amide bonds. The molecule has 108 valence electrons. The van der Waals surface area contributed by atoms with Crippen LogP contribution in [0.3, 0.4) is 0 Å². The lowest BCUT2D eigenvalue weighted by Crippen LogP contribution is -2.21. The van der Waals surface area contributed by atoms with Crippen LogP contribution < -0.4 is 0 Å². The van der Waals surface area contributed by atoms with Crippen molar-refractivity contribution in [3.8, 4) is 0 Å². The summed E-state index contributed by atoms with van der Waals surface area (Å²) in [4.78, 5) is 4.58. The zero-order valence-corrected chi connectivity index (χ0v) is 12.3. The van der Waals surface area contributed by atoms with E-state index in [-0.39, 0.29) is 5.82 Å². The third kappa shape index (κ3) is 2.42. The van der Waals surface area contributed by atoms with E-state index in [0.29, 0.717) is 23.9 Å². The highest BCUT2D eigenvalue weighted by molar-refractivity contribution is 6.17. The topological polar surface area (TPSA) is 27.1 Å². The fourth-order valence-electron chi connectivity index (χ4n) is 2.88. The lowest BCUT2D eigenvalue weighted by Gasteiger charge is -2.25. The summed E-state index contributed by atoms with van der Waals surface area (Å²) in [5, 5.41) is 0. The molecule has 0 atom stereocenters. The molecule has 5 heteroatoms. The Labute approximate surface area is 122 Å². The Kier molecular flexibility index (Phi) is 3.94. The Bertz CT molecular complexity index is 620. The van der Waals surface area contributed by atoms with Gasteiger partial charge in [0.05, 0.1) is 11.0 Å². The van der Waals surface area contributed by atoms with Crippen LogP contribution in [0.4, 0.5) is 4.39 Å². The summed E-state index contributed by atoms with van der Waals surface area (Å²) in [5.41, 5.74) is 2.39. The maximum Gasteiger partial charge on any atom is 0.128 e. The van der Waals surface area contributed by atoms with Gasteiger partial charge < -0.3 is 9.30 Å². The molecule has 0 bridgehead atoms. The first kappa shape index (κ1) is 13.8. The van der Waals surface area contributed by atoms with Gasteiger partial charge in [-0.2, -0.15) is 0 Å². The van der Waals surface area contributed by atoms with Gasteiger partial charge in [0, 0.05) is 37.6 Å². The monoisotopic (exact) mass is 296 g/mol. The van der Waals surface area contributed by atoms with Crippen molar-refractivity contribution < 1.29 is 9.13 Å². The summed E-state index contributed by atoms with van der Waals surface area (Å²) in [6.45, 7) is 3.33. The number of alkyl halides is 1. The highest BCUT2D eigenvalue weighted by Crippen LogP contribution is 2.29. The van der Waals surface area contributed by atoms with Gasteiger partial charge in [-0.1, -0.05) is 0 Å². The minimum Gasteiger partial charge on any atom is -0.381 e. The number of nitrogens with zero attached hydrogens (tertiary/aromatic N) is 2. The second-order valence-corrected chi connectivity index (χ2v) is 5.65. The molecule has 2 heterocycles. The Morgan fingerprint density at radius 3 is 2.85 bits per heavy atom. The van der Waals surface area contributed by atoms with Gasteiger partial charge in [0.1, 0.15) is 11.6 Å². The molecule has 0 unspecified atom stereocenters. The zero-order valence-electron chi connectivity index (χ0n) is 11.5. The van der Waals surface area contributed by atoms with E-state index >= 15 is 0 Å². The number of ether oxygens (including phenoxy) is 1. The van der Waals surface area contributed by atoms with Crippen LogP contribution in [0.2, 0.25) is 0 Å². The van der Waals surface area contributed by atoms with Gasteiger partial charge >= 0.3 is 0 Å². The number of fused-ring (bicyclic) bond motifs is 1. The quantitative estimate of drug-likeness (QED) is 0.809. The fourth-order valence-corrected chi connectivity index (χ4v) is 3.05. The predicted molar refractivity (Wildman–Crippen MR) is 77.9 cm³/mol. The van der Waals surface area contributed by atoms with Crippen LogP contribution in [0.5, 0.6) is 0 Å². The van der Waals surface area contributed by atoms with Crippen molar-refractivity contribution in [2.45, 2.75) is 32.2 Å². The van der Waals surface area contributed by atoms with Gasteiger partial charge in [-0.3, -0.25) is 0 Å². The number of hydrogen-bond donors (Lipinski definition) is 0. The SMILES string of the molecule is Cc1cc2c(cc1F)nc(CCCl)n2C1CCOCC1. The van der Waals surface area contributed by atoms with Crippen molar-refractivity contribution in [2.24, 2.45) is 0 Å². The smallest absolute Gasteiger partial charge is 0.128 e. The minimum atomic E-state index is -0.202. The van der Waals surface area contributed by atoms with Gasteiger partial charge in [0.15, 0.2) is 0 Å².